The Balaban J connectivity index is 2.62. The molecule has 0 spiro atoms. The molecule has 0 fully saturated rings. The van der Waals surface area contributed by atoms with E-state index < -0.39 is 0 Å². The second kappa shape index (κ2) is 6.14. The lowest BCUT2D eigenvalue weighted by Gasteiger charge is -2.19. The van der Waals surface area contributed by atoms with Crippen LogP contribution in [0.4, 0.5) is 0 Å². The third-order valence-electron chi connectivity index (χ3n) is 3.54. The van der Waals surface area contributed by atoms with Crippen LogP contribution in [0.15, 0.2) is 41.2 Å². The van der Waals surface area contributed by atoms with Gasteiger partial charge in [-0.2, -0.15) is 0 Å². The van der Waals surface area contributed by atoms with Crippen LogP contribution >= 0.6 is 0 Å². The summed E-state index contributed by atoms with van der Waals surface area (Å²) in [6.07, 6.45) is 0. The Morgan fingerprint density at radius 1 is 1.05 bits per heavy atom. The second-order valence-corrected chi connectivity index (χ2v) is 5.46. The lowest BCUT2D eigenvalue weighted by atomic mass is 10.1. The van der Waals surface area contributed by atoms with Crippen LogP contribution < -0.4 is 16.0 Å². The van der Waals surface area contributed by atoms with Gasteiger partial charge in [-0.3, -0.25) is 4.79 Å². The average Bonchev–Trinajstić information content (AvgIpc) is 2.46. The van der Waals surface area contributed by atoms with Crippen LogP contribution in [-0.2, 0) is 0 Å². The third-order valence-corrected chi connectivity index (χ3v) is 3.54. The number of nitrogens with zero attached hydrogens (tertiary/aromatic N) is 1. The Kier molecular flexibility index (Phi) is 4.48. The Bertz CT molecular complexity index is 670. The first-order valence-electron chi connectivity index (χ1n) is 7.11. The van der Waals surface area contributed by atoms with Crippen molar-refractivity contribution in [2.24, 2.45) is 5.73 Å². The van der Waals surface area contributed by atoms with Gasteiger partial charge in [-0.25, -0.2) is 0 Å². The number of ether oxygens (including phenoxy) is 1. The largest absolute Gasteiger partial charge is 0.497 e. The first kappa shape index (κ1) is 15.3. The van der Waals surface area contributed by atoms with E-state index in [-0.39, 0.29) is 17.6 Å². The van der Waals surface area contributed by atoms with Crippen LogP contribution in [0.3, 0.4) is 0 Å². The Morgan fingerprint density at radius 2 is 1.67 bits per heavy atom. The molecule has 0 saturated carbocycles. The van der Waals surface area contributed by atoms with Crippen molar-refractivity contribution in [1.82, 2.24) is 4.57 Å². The van der Waals surface area contributed by atoms with Gasteiger partial charge in [-0.15, -0.1) is 0 Å². The van der Waals surface area contributed by atoms with Gasteiger partial charge in [0.1, 0.15) is 5.75 Å². The molecule has 1 atom stereocenters. The van der Waals surface area contributed by atoms with Crippen LogP contribution in [0, 0.1) is 0 Å². The molecule has 1 heterocycles. The molecule has 2 rings (SSSR count). The summed E-state index contributed by atoms with van der Waals surface area (Å²) in [7, 11) is 1.64. The molecule has 0 aliphatic rings. The number of pyridine rings is 1. The summed E-state index contributed by atoms with van der Waals surface area (Å²) in [6, 6.07) is 11.3. The van der Waals surface area contributed by atoms with Gasteiger partial charge in [0.25, 0.3) is 5.56 Å². The molecular formula is C17H22N2O2. The van der Waals surface area contributed by atoms with E-state index in [0.717, 1.165) is 17.0 Å². The van der Waals surface area contributed by atoms with Crippen molar-refractivity contribution < 1.29 is 4.74 Å². The fourth-order valence-corrected chi connectivity index (χ4v) is 2.43. The maximum Gasteiger partial charge on any atom is 0.256 e. The Labute approximate surface area is 125 Å². The molecule has 1 aromatic carbocycles. The summed E-state index contributed by atoms with van der Waals surface area (Å²) in [5.74, 6) is 0.796. The predicted octanol–water partition coefficient (Wildman–Crippen LogP) is 3.12. The monoisotopic (exact) mass is 286 g/mol. The van der Waals surface area contributed by atoms with Crippen molar-refractivity contribution in [3.05, 3.63) is 52.3 Å². The molecule has 21 heavy (non-hydrogen) atoms. The topological polar surface area (TPSA) is 57.2 Å². The summed E-state index contributed by atoms with van der Waals surface area (Å²) in [6.45, 7) is 5.83. The third kappa shape index (κ3) is 3.00. The van der Waals surface area contributed by atoms with E-state index in [2.05, 4.69) is 0 Å². The summed E-state index contributed by atoms with van der Waals surface area (Å²) in [4.78, 5) is 12.6. The number of hydrogen-bond acceptors (Lipinski definition) is 3. The lowest BCUT2D eigenvalue weighted by Crippen LogP contribution is -2.29. The molecule has 0 aliphatic carbocycles. The zero-order valence-electron chi connectivity index (χ0n) is 13.0. The van der Waals surface area contributed by atoms with Gasteiger partial charge in [0.05, 0.1) is 12.8 Å². The van der Waals surface area contributed by atoms with E-state index in [1.807, 2.05) is 57.2 Å². The molecule has 0 amide bonds. The van der Waals surface area contributed by atoms with E-state index >= 15 is 0 Å². The minimum atomic E-state index is -0.271. The van der Waals surface area contributed by atoms with Crippen molar-refractivity contribution in [3.63, 3.8) is 0 Å². The highest BCUT2D eigenvalue weighted by Gasteiger charge is 2.14. The average molecular weight is 286 g/mol. The van der Waals surface area contributed by atoms with Crippen molar-refractivity contribution in [1.29, 1.82) is 0 Å². The molecule has 4 heteroatoms. The summed E-state index contributed by atoms with van der Waals surface area (Å²) >= 11 is 0. The summed E-state index contributed by atoms with van der Waals surface area (Å²) in [5, 5.41) is 0. The van der Waals surface area contributed by atoms with Crippen LogP contribution in [0.25, 0.3) is 11.3 Å². The maximum absolute atomic E-state index is 12.6. The van der Waals surface area contributed by atoms with Crippen LogP contribution in [0.2, 0.25) is 0 Å². The molecule has 1 aromatic heterocycles. The summed E-state index contributed by atoms with van der Waals surface area (Å²) < 4.78 is 6.96. The lowest BCUT2D eigenvalue weighted by molar-refractivity contribution is 0.415. The smallest absolute Gasteiger partial charge is 0.256 e. The molecule has 1 unspecified atom stereocenters. The number of aromatic nitrogens is 1. The van der Waals surface area contributed by atoms with Gasteiger partial charge >= 0.3 is 0 Å². The van der Waals surface area contributed by atoms with E-state index in [9.17, 15) is 4.79 Å². The Morgan fingerprint density at radius 3 is 2.14 bits per heavy atom. The quantitative estimate of drug-likeness (QED) is 0.939. The van der Waals surface area contributed by atoms with Gasteiger partial charge in [-0.05, 0) is 62.7 Å². The highest BCUT2D eigenvalue weighted by molar-refractivity contribution is 5.61. The number of benzene rings is 1. The standard InChI is InChI=1S/C17H22N2O2/c1-11(2)19-16(10-9-15(12(3)18)17(19)20)13-5-7-14(21-4)8-6-13/h5-12H,18H2,1-4H3. The molecule has 0 bridgehead atoms. The van der Waals surface area contributed by atoms with Crippen LogP contribution in [0.1, 0.15) is 38.4 Å². The van der Waals surface area contributed by atoms with Crippen LogP contribution in [-0.4, -0.2) is 11.7 Å². The molecule has 2 N–H and O–H groups in total. The van der Waals surface area contributed by atoms with Gasteiger partial charge in [0, 0.05) is 17.6 Å². The predicted molar refractivity (Wildman–Crippen MR) is 85.7 cm³/mol. The molecular weight excluding hydrogens is 264 g/mol. The Hall–Kier alpha value is -2.07. The van der Waals surface area contributed by atoms with E-state index in [1.165, 1.54) is 0 Å². The zero-order chi connectivity index (χ0) is 15.6. The fourth-order valence-electron chi connectivity index (χ4n) is 2.43. The van der Waals surface area contributed by atoms with Gasteiger partial charge in [0.15, 0.2) is 0 Å². The van der Waals surface area contributed by atoms with Crippen molar-refractivity contribution in [3.8, 4) is 17.0 Å². The van der Waals surface area contributed by atoms with Gasteiger partial charge in [-0.1, -0.05) is 0 Å². The van der Waals surface area contributed by atoms with Crippen LogP contribution in [0.5, 0.6) is 5.75 Å². The maximum atomic E-state index is 12.6. The zero-order valence-corrected chi connectivity index (χ0v) is 13.0. The fraction of sp³-hybridized carbons (Fsp3) is 0.353. The molecule has 112 valence electrons. The normalized spacial score (nSPS) is 12.5. The van der Waals surface area contributed by atoms with Crippen molar-refractivity contribution >= 4 is 0 Å². The minimum absolute atomic E-state index is 0.0201. The highest BCUT2D eigenvalue weighted by atomic mass is 16.5. The number of hydrogen-bond donors (Lipinski definition) is 1. The number of methoxy groups -OCH3 is 1. The molecule has 0 aliphatic heterocycles. The molecule has 4 nitrogen and oxygen atoms in total. The van der Waals surface area contributed by atoms with Gasteiger partial charge in [0.2, 0.25) is 0 Å². The van der Waals surface area contributed by atoms with E-state index in [4.69, 9.17) is 10.5 Å². The molecule has 0 radical (unpaired) electrons. The van der Waals surface area contributed by atoms with Crippen molar-refractivity contribution in [2.45, 2.75) is 32.9 Å². The number of nitrogens with two attached hydrogens (primary N) is 1. The molecule has 2 aromatic rings. The number of rotatable bonds is 4. The first-order valence-corrected chi connectivity index (χ1v) is 7.11. The van der Waals surface area contributed by atoms with E-state index in [0.29, 0.717) is 5.56 Å². The van der Waals surface area contributed by atoms with Gasteiger partial charge < -0.3 is 15.0 Å². The highest BCUT2D eigenvalue weighted by Crippen LogP contribution is 2.24. The summed E-state index contributed by atoms with van der Waals surface area (Å²) in [5.41, 5.74) is 8.37. The van der Waals surface area contributed by atoms with E-state index in [1.54, 1.807) is 11.7 Å². The minimum Gasteiger partial charge on any atom is -0.497 e. The first-order chi connectivity index (χ1) is 9.95. The SMILES string of the molecule is COc1ccc(-c2ccc(C(C)N)c(=O)n2C(C)C)cc1. The molecule has 0 saturated heterocycles. The second-order valence-electron chi connectivity index (χ2n) is 5.46. The van der Waals surface area contributed by atoms with Crippen molar-refractivity contribution in [2.75, 3.05) is 7.11 Å².